The van der Waals surface area contributed by atoms with Gasteiger partial charge in [0, 0.05) is 25.0 Å². The summed E-state index contributed by atoms with van der Waals surface area (Å²) in [6.45, 7) is 6.80. The number of rotatable bonds is 7. The van der Waals surface area contributed by atoms with Gasteiger partial charge in [-0.1, -0.05) is 20.8 Å². The Morgan fingerprint density at radius 2 is 2.00 bits per heavy atom. The highest BCUT2D eigenvalue weighted by Gasteiger charge is 2.12. The molecule has 0 aliphatic rings. The van der Waals surface area contributed by atoms with Crippen LogP contribution in [0.1, 0.15) is 33.6 Å². The third-order valence-corrected chi connectivity index (χ3v) is 2.02. The van der Waals surface area contributed by atoms with E-state index in [0.717, 1.165) is 13.0 Å². The molecule has 0 rings (SSSR count). The van der Waals surface area contributed by atoms with Crippen molar-refractivity contribution in [3.05, 3.63) is 0 Å². The zero-order valence-electron chi connectivity index (χ0n) is 9.29. The van der Waals surface area contributed by atoms with Gasteiger partial charge in [0.1, 0.15) is 0 Å². The number of nitrogens with two attached hydrogens (primary N) is 1. The van der Waals surface area contributed by atoms with Gasteiger partial charge in [-0.15, -0.1) is 0 Å². The Morgan fingerprint density at radius 3 is 2.43 bits per heavy atom. The lowest BCUT2D eigenvalue weighted by molar-refractivity contribution is -0.138. The van der Waals surface area contributed by atoms with E-state index >= 15 is 0 Å². The molecule has 0 bridgehead atoms. The van der Waals surface area contributed by atoms with Crippen LogP contribution in [0.15, 0.2) is 0 Å². The minimum absolute atomic E-state index is 0.0479. The van der Waals surface area contributed by atoms with Crippen molar-refractivity contribution in [3.63, 3.8) is 0 Å². The van der Waals surface area contributed by atoms with Crippen molar-refractivity contribution in [1.82, 2.24) is 5.32 Å². The minimum Gasteiger partial charge on any atom is -0.481 e. The molecular formula is C10H22N2O2. The molecule has 4 N–H and O–H groups in total. The Balaban J connectivity index is 3.59. The summed E-state index contributed by atoms with van der Waals surface area (Å²) in [7, 11) is 0. The molecule has 4 nitrogen and oxygen atoms in total. The standard InChI is InChI=1S/C10H22N2O2/c1-7(2)12-6-9(11)4-8(3)5-10(13)14/h7-9,12H,4-6,11H2,1-3H3,(H,13,14)/t8-,9-/m0/s1. The molecule has 0 aromatic carbocycles. The zero-order valence-corrected chi connectivity index (χ0v) is 9.29. The predicted molar refractivity (Wildman–Crippen MR) is 57.1 cm³/mol. The molecule has 0 amide bonds. The summed E-state index contributed by atoms with van der Waals surface area (Å²) in [6.07, 6.45) is 0.960. The fourth-order valence-corrected chi connectivity index (χ4v) is 1.37. The average Bonchev–Trinajstić information content (AvgIpc) is 1.98. The lowest BCUT2D eigenvalue weighted by Gasteiger charge is -2.17. The van der Waals surface area contributed by atoms with Gasteiger partial charge in [0.2, 0.25) is 0 Å². The van der Waals surface area contributed by atoms with Crippen LogP contribution in [0.2, 0.25) is 0 Å². The quantitative estimate of drug-likeness (QED) is 0.571. The molecule has 0 aliphatic carbocycles. The van der Waals surface area contributed by atoms with Crippen LogP contribution in [0.25, 0.3) is 0 Å². The van der Waals surface area contributed by atoms with E-state index < -0.39 is 5.97 Å². The molecule has 84 valence electrons. The fraction of sp³-hybridized carbons (Fsp3) is 0.900. The van der Waals surface area contributed by atoms with E-state index in [2.05, 4.69) is 19.2 Å². The van der Waals surface area contributed by atoms with E-state index in [1.165, 1.54) is 0 Å². The second-order valence-electron chi connectivity index (χ2n) is 4.26. The second-order valence-corrected chi connectivity index (χ2v) is 4.26. The second kappa shape index (κ2) is 6.79. The maximum atomic E-state index is 10.4. The molecule has 0 saturated heterocycles. The summed E-state index contributed by atoms with van der Waals surface area (Å²) in [5, 5.41) is 11.8. The monoisotopic (exact) mass is 202 g/mol. The topological polar surface area (TPSA) is 75.3 Å². The summed E-state index contributed by atoms with van der Waals surface area (Å²) >= 11 is 0. The van der Waals surface area contributed by atoms with Crippen molar-refractivity contribution >= 4 is 5.97 Å². The highest BCUT2D eigenvalue weighted by atomic mass is 16.4. The van der Waals surface area contributed by atoms with E-state index in [9.17, 15) is 4.79 Å². The van der Waals surface area contributed by atoms with Crippen molar-refractivity contribution in [3.8, 4) is 0 Å². The Kier molecular flexibility index (Phi) is 6.49. The lowest BCUT2D eigenvalue weighted by atomic mass is 9.99. The number of carboxylic acids is 1. The number of carboxylic acid groups (broad SMARTS) is 1. The minimum atomic E-state index is -0.749. The highest BCUT2D eigenvalue weighted by Crippen LogP contribution is 2.08. The van der Waals surface area contributed by atoms with Crippen LogP contribution in [-0.4, -0.2) is 29.7 Å². The highest BCUT2D eigenvalue weighted by molar-refractivity contribution is 5.66. The van der Waals surface area contributed by atoms with Gasteiger partial charge in [-0.3, -0.25) is 4.79 Å². The molecule has 0 spiro atoms. The molecule has 0 unspecified atom stereocenters. The molecular weight excluding hydrogens is 180 g/mol. The molecule has 4 heteroatoms. The maximum absolute atomic E-state index is 10.4. The largest absolute Gasteiger partial charge is 0.481 e. The predicted octanol–water partition coefficient (Wildman–Crippen LogP) is 0.813. The summed E-state index contributed by atoms with van der Waals surface area (Å²) in [4.78, 5) is 10.4. The van der Waals surface area contributed by atoms with Crippen LogP contribution in [0.5, 0.6) is 0 Å². The van der Waals surface area contributed by atoms with Gasteiger partial charge in [0.25, 0.3) is 0 Å². The number of nitrogens with one attached hydrogen (secondary N) is 1. The smallest absolute Gasteiger partial charge is 0.303 e. The first-order valence-corrected chi connectivity index (χ1v) is 5.12. The van der Waals surface area contributed by atoms with Crippen molar-refractivity contribution in [2.75, 3.05) is 6.54 Å². The Morgan fingerprint density at radius 1 is 1.43 bits per heavy atom. The Hall–Kier alpha value is -0.610. The van der Waals surface area contributed by atoms with Gasteiger partial charge in [0.15, 0.2) is 0 Å². The van der Waals surface area contributed by atoms with Gasteiger partial charge in [-0.25, -0.2) is 0 Å². The van der Waals surface area contributed by atoms with E-state index in [1.54, 1.807) is 0 Å². The Labute approximate surface area is 85.9 Å². The molecule has 0 radical (unpaired) electrons. The van der Waals surface area contributed by atoms with Gasteiger partial charge in [-0.05, 0) is 12.3 Å². The van der Waals surface area contributed by atoms with Gasteiger partial charge in [0.05, 0.1) is 0 Å². The molecule has 0 saturated carbocycles. The summed E-state index contributed by atoms with van der Waals surface area (Å²) < 4.78 is 0. The van der Waals surface area contributed by atoms with Crippen LogP contribution in [-0.2, 0) is 4.79 Å². The number of aliphatic carboxylic acids is 1. The normalized spacial score (nSPS) is 15.5. The van der Waals surface area contributed by atoms with Crippen LogP contribution in [0, 0.1) is 5.92 Å². The number of hydrogen-bond donors (Lipinski definition) is 3. The van der Waals surface area contributed by atoms with Gasteiger partial charge < -0.3 is 16.2 Å². The van der Waals surface area contributed by atoms with E-state index in [0.29, 0.717) is 6.04 Å². The van der Waals surface area contributed by atoms with Crippen LogP contribution < -0.4 is 11.1 Å². The van der Waals surface area contributed by atoms with E-state index in [-0.39, 0.29) is 18.4 Å². The van der Waals surface area contributed by atoms with Gasteiger partial charge >= 0.3 is 5.97 Å². The average molecular weight is 202 g/mol. The summed E-state index contributed by atoms with van der Waals surface area (Å²) in [5.41, 5.74) is 5.84. The van der Waals surface area contributed by atoms with E-state index in [1.807, 2.05) is 6.92 Å². The lowest BCUT2D eigenvalue weighted by Crippen LogP contribution is -2.38. The van der Waals surface area contributed by atoms with Gasteiger partial charge in [-0.2, -0.15) is 0 Å². The molecule has 0 aromatic heterocycles. The first-order valence-electron chi connectivity index (χ1n) is 5.12. The van der Waals surface area contributed by atoms with Crippen LogP contribution >= 0.6 is 0 Å². The summed E-state index contributed by atoms with van der Waals surface area (Å²) in [6, 6.07) is 0.475. The third kappa shape index (κ3) is 8.01. The summed E-state index contributed by atoms with van der Waals surface area (Å²) in [5.74, 6) is -0.599. The van der Waals surface area contributed by atoms with Crippen LogP contribution in [0.3, 0.4) is 0 Å². The van der Waals surface area contributed by atoms with Crippen molar-refractivity contribution in [1.29, 1.82) is 0 Å². The van der Waals surface area contributed by atoms with Crippen molar-refractivity contribution < 1.29 is 9.90 Å². The first-order chi connectivity index (χ1) is 6.41. The molecule has 2 atom stereocenters. The molecule has 14 heavy (non-hydrogen) atoms. The number of carbonyl (C=O) groups is 1. The van der Waals surface area contributed by atoms with Crippen molar-refractivity contribution in [2.45, 2.75) is 45.7 Å². The van der Waals surface area contributed by atoms with Crippen LogP contribution in [0.4, 0.5) is 0 Å². The fourth-order valence-electron chi connectivity index (χ4n) is 1.37. The number of hydrogen-bond acceptors (Lipinski definition) is 3. The maximum Gasteiger partial charge on any atom is 0.303 e. The molecule has 0 aliphatic heterocycles. The zero-order chi connectivity index (χ0) is 11.1. The molecule has 0 aromatic rings. The van der Waals surface area contributed by atoms with E-state index in [4.69, 9.17) is 10.8 Å². The van der Waals surface area contributed by atoms with Crippen molar-refractivity contribution in [2.24, 2.45) is 11.7 Å². The molecule has 0 fully saturated rings. The Bertz CT molecular complexity index is 172. The first kappa shape index (κ1) is 13.4. The third-order valence-electron chi connectivity index (χ3n) is 2.02. The molecule has 0 heterocycles. The SMILES string of the molecule is CC(C)NC[C@@H](N)C[C@H](C)CC(=O)O.